The molecule has 3 aromatic carbocycles. The van der Waals surface area contributed by atoms with Gasteiger partial charge < -0.3 is 14.5 Å². The molecule has 1 aliphatic rings. The number of hydrogen-bond acceptors (Lipinski definition) is 7. The molecule has 0 N–H and O–H groups in total. The van der Waals surface area contributed by atoms with E-state index < -0.39 is 0 Å². The van der Waals surface area contributed by atoms with Crippen LogP contribution < -0.4 is 4.90 Å². The molecular formula is C35H37ClN4O3S. The molecular weight excluding hydrogens is 592 g/mol. The highest BCUT2D eigenvalue weighted by molar-refractivity contribution is 7.98. The normalized spacial score (nSPS) is 14.7. The first kappa shape index (κ1) is 31.5. The summed E-state index contributed by atoms with van der Waals surface area (Å²) in [5.74, 6) is 0.882. The largest absolute Gasteiger partial charge is 0.466 e. The predicted octanol–water partition coefficient (Wildman–Crippen LogP) is 7.09. The van der Waals surface area contributed by atoms with Crippen LogP contribution in [0.15, 0.2) is 96.2 Å². The number of halogens is 1. The quantitative estimate of drug-likeness (QED) is 0.0718. The minimum Gasteiger partial charge on any atom is -0.466 e. The number of nitrogens with zero attached hydrogens (tertiary/aromatic N) is 4. The molecule has 1 amide bonds. The van der Waals surface area contributed by atoms with Crippen molar-refractivity contribution in [2.75, 3.05) is 31.1 Å². The number of amides is 1. The molecule has 1 unspecified atom stereocenters. The summed E-state index contributed by atoms with van der Waals surface area (Å²) in [6.45, 7) is 4.69. The highest BCUT2D eigenvalue weighted by Crippen LogP contribution is 2.27. The highest BCUT2D eigenvalue weighted by atomic mass is 35.5. The van der Waals surface area contributed by atoms with Gasteiger partial charge in [-0.1, -0.05) is 96.2 Å². The average Bonchev–Trinajstić information content (AvgIpc) is 3.06. The zero-order chi connectivity index (χ0) is 30.7. The Morgan fingerprint density at radius 2 is 1.66 bits per heavy atom. The van der Waals surface area contributed by atoms with Crippen LogP contribution in [0.3, 0.4) is 0 Å². The van der Waals surface area contributed by atoms with Crippen molar-refractivity contribution in [2.24, 2.45) is 5.92 Å². The Balaban J connectivity index is 1.23. The SMILES string of the molecule is CCOC(=O)C1CCCN(C(=O)c2ccc(CSc3nc(Cl)cc(N(CCc4ccccc4)Cc4ccccc4)n3)cc2)C1. The van der Waals surface area contributed by atoms with E-state index in [2.05, 4.69) is 46.3 Å². The molecule has 1 fully saturated rings. The van der Waals surface area contributed by atoms with Crippen LogP contribution in [-0.2, 0) is 28.2 Å². The van der Waals surface area contributed by atoms with Gasteiger partial charge in [0.05, 0.1) is 12.5 Å². The van der Waals surface area contributed by atoms with Crippen LogP contribution in [0.25, 0.3) is 0 Å². The Kier molecular flexibility index (Phi) is 11.3. The first-order valence-electron chi connectivity index (χ1n) is 15.0. The number of piperidine rings is 1. The highest BCUT2D eigenvalue weighted by Gasteiger charge is 2.29. The Labute approximate surface area is 268 Å². The van der Waals surface area contributed by atoms with Crippen molar-refractivity contribution in [1.29, 1.82) is 0 Å². The fourth-order valence-electron chi connectivity index (χ4n) is 5.29. The summed E-state index contributed by atoms with van der Waals surface area (Å²) in [4.78, 5) is 38.8. The lowest BCUT2D eigenvalue weighted by Crippen LogP contribution is -2.42. The maximum atomic E-state index is 13.2. The number of esters is 1. The number of thioether (sulfide) groups is 1. The molecule has 5 rings (SSSR count). The number of benzene rings is 3. The van der Waals surface area contributed by atoms with E-state index >= 15 is 0 Å². The summed E-state index contributed by atoms with van der Waals surface area (Å²) < 4.78 is 5.18. The fraction of sp³-hybridized carbons (Fsp3) is 0.314. The molecule has 0 spiro atoms. The number of likely N-dealkylation sites (tertiary alicyclic amines) is 1. The summed E-state index contributed by atoms with van der Waals surface area (Å²) >= 11 is 8.02. The molecule has 1 atom stereocenters. The topological polar surface area (TPSA) is 75.6 Å². The van der Waals surface area contributed by atoms with Gasteiger partial charge in [0.25, 0.3) is 5.91 Å². The molecule has 0 saturated carbocycles. The summed E-state index contributed by atoms with van der Waals surface area (Å²) in [5, 5.41) is 1.00. The number of anilines is 1. The molecule has 44 heavy (non-hydrogen) atoms. The maximum absolute atomic E-state index is 13.2. The van der Waals surface area contributed by atoms with Gasteiger partial charge in [-0.2, -0.15) is 0 Å². The van der Waals surface area contributed by atoms with Gasteiger partial charge in [0.2, 0.25) is 0 Å². The van der Waals surface area contributed by atoms with Gasteiger partial charge in [0.15, 0.2) is 5.16 Å². The minimum atomic E-state index is -0.257. The molecule has 7 nitrogen and oxygen atoms in total. The molecule has 0 radical (unpaired) electrons. The summed E-state index contributed by atoms with van der Waals surface area (Å²) in [5.41, 5.74) is 4.12. The molecule has 228 valence electrons. The molecule has 1 aromatic heterocycles. The third kappa shape index (κ3) is 8.83. The Hall–Kier alpha value is -3.88. The van der Waals surface area contributed by atoms with Gasteiger partial charge in [-0.15, -0.1) is 0 Å². The number of carbonyl (C=O) groups is 2. The fourth-order valence-corrected chi connectivity index (χ4v) is 6.32. The van der Waals surface area contributed by atoms with Crippen LogP contribution in [0.5, 0.6) is 0 Å². The maximum Gasteiger partial charge on any atom is 0.310 e. The summed E-state index contributed by atoms with van der Waals surface area (Å²) in [6.07, 6.45) is 2.42. The van der Waals surface area contributed by atoms with E-state index in [1.807, 2.05) is 54.6 Å². The summed E-state index contributed by atoms with van der Waals surface area (Å²) in [6, 6.07) is 30.2. The van der Waals surface area contributed by atoms with Crippen molar-refractivity contribution in [2.45, 2.75) is 43.6 Å². The van der Waals surface area contributed by atoms with E-state index in [1.165, 1.54) is 22.9 Å². The lowest BCUT2D eigenvalue weighted by molar-refractivity contribution is -0.149. The Morgan fingerprint density at radius 3 is 2.36 bits per heavy atom. The lowest BCUT2D eigenvalue weighted by atomic mass is 9.97. The van der Waals surface area contributed by atoms with Gasteiger partial charge in [0, 0.05) is 43.6 Å². The zero-order valence-corrected chi connectivity index (χ0v) is 26.5. The van der Waals surface area contributed by atoms with Crippen LogP contribution >= 0.6 is 23.4 Å². The standard InChI is InChI=1S/C35H37ClN4O3S/c1-2-43-34(42)30-14-9-20-40(24-30)33(41)29-17-15-28(16-18-29)25-44-35-37-31(36)22-32(38-35)39(23-27-12-7-4-8-13-27)21-19-26-10-5-3-6-11-26/h3-8,10-13,15-18,22,30H,2,9,14,19-21,23-25H2,1H3. The zero-order valence-electron chi connectivity index (χ0n) is 24.9. The van der Waals surface area contributed by atoms with Gasteiger partial charge in [-0.25, -0.2) is 9.97 Å². The number of aromatic nitrogens is 2. The Morgan fingerprint density at radius 1 is 0.955 bits per heavy atom. The molecule has 1 saturated heterocycles. The second-order valence-electron chi connectivity index (χ2n) is 10.8. The third-order valence-electron chi connectivity index (χ3n) is 7.61. The van der Waals surface area contributed by atoms with Crippen molar-refractivity contribution in [1.82, 2.24) is 14.9 Å². The van der Waals surface area contributed by atoms with E-state index in [0.717, 1.165) is 37.2 Å². The first-order chi connectivity index (χ1) is 21.5. The average molecular weight is 629 g/mol. The Bertz CT molecular complexity index is 1520. The molecule has 9 heteroatoms. The predicted molar refractivity (Wildman–Crippen MR) is 176 cm³/mol. The van der Waals surface area contributed by atoms with Crippen LogP contribution in [0.4, 0.5) is 5.82 Å². The third-order valence-corrected chi connectivity index (χ3v) is 8.72. The molecule has 4 aromatic rings. The molecule has 0 bridgehead atoms. The van der Waals surface area contributed by atoms with Gasteiger partial charge in [-0.3, -0.25) is 9.59 Å². The van der Waals surface area contributed by atoms with Crippen molar-refractivity contribution < 1.29 is 14.3 Å². The number of rotatable bonds is 12. The summed E-state index contributed by atoms with van der Waals surface area (Å²) in [7, 11) is 0. The molecule has 1 aliphatic heterocycles. The van der Waals surface area contributed by atoms with E-state index in [1.54, 1.807) is 11.8 Å². The second-order valence-corrected chi connectivity index (χ2v) is 12.1. The van der Waals surface area contributed by atoms with Crippen LogP contribution in [0.2, 0.25) is 5.15 Å². The van der Waals surface area contributed by atoms with E-state index in [9.17, 15) is 9.59 Å². The molecule has 2 heterocycles. The van der Waals surface area contributed by atoms with Gasteiger partial charge in [-0.05, 0) is 55.0 Å². The van der Waals surface area contributed by atoms with E-state index in [-0.39, 0.29) is 17.8 Å². The monoisotopic (exact) mass is 628 g/mol. The lowest BCUT2D eigenvalue weighted by Gasteiger charge is -2.31. The van der Waals surface area contributed by atoms with E-state index in [4.69, 9.17) is 21.3 Å². The smallest absolute Gasteiger partial charge is 0.310 e. The van der Waals surface area contributed by atoms with Crippen molar-refractivity contribution in [3.05, 3.63) is 118 Å². The first-order valence-corrected chi connectivity index (χ1v) is 16.4. The van der Waals surface area contributed by atoms with Gasteiger partial charge in [0.1, 0.15) is 11.0 Å². The van der Waals surface area contributed by atoms with Crippen LogP contribution in [-0.4, -0.2) is 53.0 Å². The van der Waals surface area contributed by atoms with Crippen molar-refractivity contribution in [3.63, 3.8) is 0 Å². The number of ether oxygens (including phenoxy) is 1. The second kappa shape index (κ2) is 15.7. The van der Waals surface area contributed by atoms with Crippen molar-refractivity contribution >= 4 is 41.1 Å². The van der Waals surface area contributed by atoms with Crippen LogP contribution in [0.1, 0.15) is 46.8 Å². The van der Waals surface area contributed by atoms with E-state index in [0.29, 0.717) is 47.9 Å². The number of hydrogen-bond donors (Lipinski definition) is 0. The van der Waals surface area contributed by atoms with Crippen LogP contribution in [0, 0.1) is 5.92 Å². The number of carbonyl (C=O) groups excluding carboxylic acids is 2. The minimum absolute atomic E-state index is 0.0602. The van der Waals surface area contributed by atoms with Crippen molar-refractivity contribution in [3.8, 4) is 0 Å². The molecule has 0 aliphatic carbocycles. The van der Waals surface area contributed by atoms with Gasteiger partial charge >= 0.3 is 5.97 Å².